The van der Waals surface area contributed by atoms with E-state index in [4.69, 9.17) is 0 Å². The largest absolute Gasteiger partial charge is 0.507 e. The molecule has 1 aromatic heterocycles. The fourth-order valence-corrected chi connectivity index (χ4v) is 2.37. The number of halogens is 1. The van der Waals surface area contributed by atoms with Crippen molar-refractivity contribution < 1.29 is 5.11 Å². The number of nitrogens with zero attached hydrogens (tertiary/aromatic N) is 1. The van der Waals surface area contributed by atoms with Crippen molar-refractivity contribution in [2.45, 2.75) is 31.5 Å². The highest BCUT2D eigenvalue weighted by atomic mass is 79.9. The Labute approximate surface area is 122 Å². The lowest BCUT2D eigenvalue weighted by Gasteiger charge is -2.22. The molecule has 0 atom stereocenters. The minimum Gasteiger partial charge on any atom is -0.507 e. The normalized spacial score (nSPS) is 11.6. The van der Waals surface area contributed by atoms with Crippen molar-refractivity contribution in [1.82, 2.24) is 4.98 Å². The van der Waals surface area contributed by atoms with E-state index in [1.165, 1.54) is 5.56 Å². The molecule has 0 saturated carbocycles. The molecular formula is C16H18BrNO. The molecule has 0 aliphatic carbocycles. The van der Waals surface area contributed by atoms with Gasteiger partial charge < -0.3 is 5.11 Å². The predicted molar refractivity (Wildman–Crippen MR) is 82.7 cm³/mol. The predicted octanol–water partition coefficient (Wildman–Crippen LogP) is 4.65. The topological polar surface area (TPSA) is 33.1 Å². The van der Waals surface area contributed by atoms with Crippen LogP contribution in [0.2, 0.25) is 0 Å². The summed E-state index contributed by atoms with van der Waals surface area (Å²) in [5, 5.41) is 11.0. The number of alkyl halides is 1. The van der Waals surface area contributed by atoms with Gasteiger partial charge in [-0.2, -0.15) is 0 Å². The van der Waals surface area contributed by atoms with Gasteiger partial charge in [0.05, 0.1) is 5.69 Å². The Hall–Kier alpha value is -1.35. The highest BCUT2D eigenvalue weighted by Gasteiger charge is 2.19. The molecule has 0 amide bonds. The second-order valence-electron chi connectivity index (χ2n) is 5.63. The summed E-state index contributed by atoms with van der Waals surface area (Å²) in [6.45, 7) is 6.50. The maximum absolute atomic E-state index is 10.4. The van der Waals surface area contributed by atoms with Gasteiger partial charge >= 0.3 is 0 Å². The van der Waals surface area contributed by atoms with Crippen molar-refractivity contribution in [3.05, 3.63) is 47.7 Å². The van der Waals surface area contributed by atoms with Crippen LogP contribution in [0.5, 0.6) is 5.75 Å². The van der Waals surface area contributed by atoms with Gasteiger partial charge in [-0.3, -0.25) is 4.98 Å². The SMILES string of the molecule is CC(C)(C)c1cc(CBr)c(O)c(-c2ccccn2)c1. The molecule has 0 aliphatic heterocycles. The van der Waals surface area contributed by atoms with Crippen LogP contribution in [0, 0.1) is 0 Å². The summed E-state index contributed by atoms with van der Waals surface area (Å²) in [5.74, 6) is 0.309. The van der Waals surface area contributed by atoms with Crippen LogP contribution in [-0.2, 0) is 10.7 Å². The zero-order valence-corrected chi connectivity index (χ0v) is 13.0. The Morgan fingerprint density at radius 3 is 2.47 bits per heavy atom. The fraction of sp³-hybridized carbons (Fsp3) is 0.312. The van der Waals surface area contributed by atoms with Crippen LogP contribution in [0.15, 0.2) is 36.5 Å². The molecule has 2 rings (SSSR count). The van der Waals surface area contributed by atoms with E-state index >= 15 is 0 Å². The summed E-state index contributed by atoms with van der Waals surface area (Å²) in [6, 6.07) is 9.80. The number of benzene rings is 1. The lowest BCUT2D eigenvalue weighted by atomic mass is 9.84. The average Bonchev–Trinajstić information content (AvgIpc) is 2.38. The first-order valence-corrected chi connectivity index (χ1v) is 7.39. The van der Waals surface area contributed by atoms with Crippen molar-refractivity contribution in [3.8, 4) is 17.0 Å². The number of phenolic OH excluding ortho intramolecular Hbond substituents is 1. The summed E-state index contributed by atoms with van der Waals surface area (Å²) < 4.78 is 0. The highest BCUT2D eigenvalue weighted by Crippen LogP contribution is 2.37. The molecule has 3 heteroatoms. The van der Waals surface area contributed by atoms with Gasteiger partial charge in [-0.05, 0) is 29.2 Å². The zero-order chi connectivity index (χ0) is 14.0. The summed E-state index contributed by atoms with van der Waals surface area (Å²) in [6.07, 6.45) is 1.74. The van der Waals surface area contributed by atoms with Crippen LogP contribution in [0.25, 0.3) is 11.3 Å². The average molecular weight is 320 g/mol. The fourth-order valence-electron chi connectivity index (χ4n) is 1.95. The molecule has 2 aromatic rings. The second kappa shape index (κ2) is 5.33. The molecule has 1 heterocycles. The van der Waals surface area contributed by atoms with Gasteiger partial charge in [-0.1, -0.05) is 48.8 Å². The van der Waals surface area contributed by atoms with Crippen LogP contribution in [-0.4, -0.2) is 10.1 Å². The van der Waals surface area contributed by atoms with Gasteiger partial charge in [-0.15, -0.1) is 0 Å². The lowest BCUT2D eigenvalue weighted by molar-refractivity contribution is 0.471. The third kappa shape index (κ3) is 2.98. The molecule has 0 unspecified atom stereocenters. The summed E-state index contributed by atoms with van der Waals surface area (Å²) in [4.78, 5) is 4.33. The van der Waals surface area contributed by atoms with Crippen molar-refractivity contribution in [3.63, 3.8) is 0 Å². The molecule has 19 heavy (non-hydrogen) atoms. The van der Waals surface area contributed by atoms with E-state index in [1.807, 2.05) is 24.3 Å². The van der Waals surface area contributed by atoms with Crippen LogP contribution in [0.3, 0.4) is 0 Å². The smallest absolute Gasteiger partial charge is 0.129 e. The van der Waals surface area contributed by atoms with Crippen LogP contribution < -0.4 is 0 Å². The van der Waals surface area contributed by atoms with E-state index in [-0.39, 0.29) is 5.41 Å². The van der Waals surface area contributed by atoms with Crippen LogP contribution in [0.1, 0.15) is 31.9 Å². The van der Waals surface area contributed by atoms with E-state index in [9.17, 15) is 5.11 Å². The van der Waals surface area contributed by atoms with Crippen molar-refractivity contribution >= 4 is 15.9 Å². The highest BCUT2D eigenvalue weighted by molar-refractivity contribution is 9.08. The Bertz CT molecular complexity index is 573. The number of phenols is 1. The first-order chi connectivity index (χ1) is 8.93. The first kappa shape index (κ1) is 14.1. The van der Waals surface area contributed by atoms with Crippen molar-refractivity contribution in [2.75, 3.05) is 0 Å². The minimum absolute atomic E-state index is 0.0359. The maximum Gasteiger partial charge on any atom is 0.129 e. The summed E-state index contributed by atoms with van der Waals surface area (Å²) in [5.41, 5.74) is 3.72. The lowest BCUT2D eigenvalue weighted by Crippen LogP contribution is -2.11. The molecular weight excluding hydrogens is 302 g/mol. The van der Waals surface area contributed by atoms with E-state index < -0.39 is 0 Å². The molecule has 100 valence electrons. The Morgan fingerprint density at radius 1 is 1.21 bits per heavy atom. The molecule has 0 radical (unpaired) electrons. The molecule has 1 N–H and O–H groups in total. The third-order valence-corrected chi connectivity index (χ3v) is 3.74. The minimum atomic E-state index is 0.0359. The van der Waals surface area contributed by atoms with Crippen molar-refractivity contribution in [1.29, 1.82) is 0 Å². The van der Waals surface area contributed by atoms with Gasteiger partial charge in [-0.25, -0.2) is 0 Å². The van der Waals surface area contributed by atoms with E-state index in [1.54, 1.807) is 6.20 Å². The molecule has 1 aromatic carbocycles. The molecule has 0 fully saturated rings. The molecule has 0 aliphatic rings. The number of aromatic hydroxyl groups is 1. The number of hydrogen-bond acceptors (Lipinski definition) is 2. The van der Waals surface area contributed by atoms with Gasteiger partial charge in [0.25, 0.3) is 0 Å². The third-order valence-electron chi connectivity index (χ3n) is 3.14. The Kier molecular flexibility index (Phi) is 3.95. The quantitative estimate of drug-likeness (QED) is 0.817. The standard InChI is InChI=1S/C16H18BrNO/c1-16(2,3)12-8-11(10-17)15(19)13(9-12)14-6-4-5-7-18-14/h4-9,19H,10H2,1-3H3. The first-order valence-electron chi connectivity index (χ1n) is 6.27. The summed E-state index contributed by atoms with van der Waals surface area (Å²) >= 11 is 3.44. The number of hydrogen-bond donors (Lipinski definition) is 1. The number of aromatic nitrogens is 1. The van der Waals surface area contributed by atoms with Gasteiger partial charge in [0.1, 0.15) is 5.75 Å². The zero-order valence-electron chi connectivity index (χ0n) is 11.4. The Balaban J connectivity index is 2.66. The van der Waals surface area contributed by atoms with Crippen LogP contribution >= 0.6 is 15.9 Å². The monoisotopic (exact) mass is 319 g/mol. The number of pyridine rings is 1. The van der Waals surface area contributed by atoms with Gasteiger partial charge in [0.2, 0.25) is 0 Å². The molecule has 0 bridgehead atoms. The molecule has 0 spiro atoms. The maximum atomic E-state index is 10.4. The van der Waals surface area contributed by atoms with E-state index in [2.05, 4.69) is 47.8 Å². The van der Waals surface area contributed by atoms with E-state index in [0.29, 0.717) is 11.1 Å². The molecule has 0 saturated heterocycles. The van der Waals surface area contributed by atoms with Gasteiger partial charge in [0.15, 0.2) is 0 Å². The Morgan fingerprint density at radius 2 is 1.95 bits per heavy atom. The van der Waals surface area contributed by atoms with Crippen molar-refractivity contribution in [2.24, 2.45) is 0 Å². The molecule has 2 nitrogen and oxygen atoms in total. The van der Waals surface area contributed by atoms with Gasteiger partial charge in [0, 0.05) is 22.7 Å². The number of rotatable bonds is 2. The second-order valence-corrected chi connectivity index (χ2v) is 6.19. The summed E-state index contributed by atoms with van der Waals surface area (Å²) in [7, 11) is 0. The van der Waals surface area contributed by atoms with Crippen LogP contribution in [0.4, 0.5) is 0 Å². The van der Waals surface area contributed by atoms with E-state index in [0.717, 1.165) is 16.8 Å².